The summed E-state index contributed by atoms with van der Waals surface area (Å²) >= 11 is 3.10. The lowest BCUT2D eigenvalue weighted by Crippen LogP contribution is -2.30. The van der Waals surface area contributed by atoms with E-state index in [9.17, 15) is 4.79 Å². The summed E-state index contributed by atoms with van der Waals surface area (Å²) < 4.78 is 7.22. The minimum absolute atomic E-state index is 0.0929. The molecule has 2 aromatic carbocycles. The van der Waals surface area contributed by atoms with E-state index in [1.807, 2.05) is 52.9 Å². The van der Waals surface area contributed by atoms with E-state index in [1.54, 1.807) is 24.6 Å². The molecule has 32 heavy (non-hydrogen) atoms. The number of carbonyl (C=O) groups is 1. The molecule has 0 saturated carbocycles. The third kappa shape index (κ3) is 4.03. The molecular weight excluding hydrogens is 440 g/mol. The van der Waals surface area contributed by atoms with Crippen molar-refractivity contribution < 1.29 is 9.53 Å². The van der Waals surface area contributed by atoms with Gasteiger partial charge in [-0.3, -0.25) is 9.36 Å². The van der Waals surface area contributed by atoms with E-state index >= 15 is 0 Å². The molecule has 0 aliphatic carbocycles. The quantitative estimate of drug-likeness (QED) is 0.378. The first-order valence-corrected chi connectivity index (χ1v) is 12.2. The van der Waals surface area contributed by atoms with Gasteiger partial charge >= 0.3 is 0 Å². The van der Waals surface area contributed by atoms with Gasteiger partial charge in [0.25, 0.3) is 0 Å². The summed E-state index contributed by atoms with van der Waals surface area (Å²) in [7, 11) is 1.65. The molecule has 0 spiro atoms. The van der Waals surface area contributed by atoms with Crippen LogP contribution in [-0.4, -0.2) is 39.8 Å². The monoisotopic (exact) mass is 462 g/mol. The first kappa shape index (κ1) is 20.8. The van der Waals surface area contributed by atoms with Gasteiger partial charge in [-0.15, -0.1) is 11.3 Å². The lowest BCUT2D eigenvalue weighted by atomic mass is 10.1. The number of aromatic nitrogens is 3. The van der Waals surface area contributed by atoms with Crippen molar-refractivity contribution in [3.63, 3.8) is 0 Å². The van der Waals surface area contributed by atoms with Crippen molar-refractivity contribution in [2.75, 3.05) is 24.3 Å². The lowest BCUT2D eigenvalue weighted by Gasteiger charge is -2.17. The van der Waals surface area contributed by atoms with Gasteiger partial charge in [0, 0.05) is 41.3 Å². The summed E-state index contributed by atoms with van der Waals surface area (Å²) in [6, 6.07) is 14.1. The average Bonchev–Trinajstić information content (AvgIpc) is 3.56. The fourth-order valence-electron chi connectivity index (χ4n) is 3.86. The molecule has 162 valence electrons. The summed E-state index contributed by atoms with van der Waals surface area (Å²) in [6.45, 7) is 2.72. The minimum atomic E-state index is 0.0929. The van der Waals surface area contributed by atoms with Crippen LogP contribution in [0.4, 0.5) is 5.69 Å². The molecule has 0 fully saturated rings. The van der Waals surface area contributed by atoms with Crippen LogP contribution in [0.25, 0.3) is 16.9 Å². The second-order valence-corrected chi connectivity index (χ2v) is 9.46. The third-order valence-electron chi connectivity index (χ3n) is 5.47. The number of rotatable bonds is 6. The number of fused-ring (bicyclic) bond motifs is 1. The number of hydrogen-bond acceptors (Lipinski definition) is 6. The highest BCUT2D eigenvalue weighted by molar-refractivity contribution is 7.99. The van der Waals surface area contributed by atoms with Crippen LogP contribution in [-0.2, 0) is 11.2 Å². The van der Waals surface area contributed by atoms with Gasteiger partial charge in [0.15, 0.2) is 5.16 Å². The van der Waals surface area contributed by atoms with Gasteiger partial charge in [-0.1, -0.05) is 17.8 Å². The number of carbonyl (C=O) groups excluding carboxylic acids is 1. The minimum Gasteiger partial charge on any atom is -0.497 e. The fourth-order valence-corrected chi connectivity index (χ4v) is 5.33. The van der Waals surface area contributed by atoms with E-state index in [-0.39, 0.29) is 5.91 Å². The third-order valence-corrected chi connectivity index (χ3v) is 7.20. The van der Waals surface area contributed by atoms with Crippen molar-refractivity contribution in [3.05, 3.63) is 70.8 Å². The molecule has 5 rings (SSSR count). The Morgan fingerprint density at radius 2 is 2.06 bits per heavy atom. The Kier molecular flexibility index (Phi) is 5.71. The van der Waals surface area contributed by atoms with Crippen molar-refractivity contribution in [1.82, 2.24) is 14.5 Å². The van der Waals surface area contributed by atoms with Crippen LogP contribution in [0.2, 0.25) is 0 Å². The second-order valence-electron chi connectivity index (χ2n) is 7.46. The van der Waals surface area contributed by atoms with Gasteiger partial charge in [0.1, 0.15) is 5.75 Å². The van der Waals surface area contributed by atoms with Crippen LogP contribution in [0.15, 0.2) is 65.4 Å². The highest BCUT2D eigenvalue weighted by Crippen LogP contribution is 2.33. The van der Waals surface area contributed by atoms with Crippen LogP contribution in [0.3, 0.4) is 0 Å². The summed E-state index contributed by atoms with van der Waals surface area (Å²) in [5.41, 5.74) is 5.30. The number of thiazole rings is 1. The zero-order valence-corrected chi connectivity index (χ0v) is 19.4. The molecule has 4 aromatic rings. The van der Waals surface area contributed by atoms with Crippen molar-refractivity contribution >= 4 is 34.7 Å². The topological polar surface area (TPSA) is 60.3 Å². The van der Waals surface area contributed by atoms with Crippen molar-refractivity contribution in [2.45, 2.75) is 18.5 Å². The maximum absolute atomic E-state index is 13.0. The summed E-state index contributed by atoms with van der Waals surface area (Å²) in [5, 5.41) is 3.93. The van der Waals surface area contributed by atoms with Gasteiger partial charge in [-0.25, -0.2) is 9.97 Å². The highest BCUT2D eigenvalue weighted by atomic mass is 32.2. The Labute approximate surface area is 194 Å². The Morgan fingerprint density at radius 1 is 1.22 bits per heavy atom. The molecule has 1 aliphatic rings. The van der Waals surface area contributed by atoms with E-state index in [4.69, 9.17) is 4.74 Å². The number of imidazole rings is 1. The van der Waals surface area contributed by atoms with Crippen LogP contribution in [0.1, 0.15) is 10.6 Å². The summed E-state index contributed by atoms with van der Waals surface area (Å²) in [4.78, 5) is 23.9. The van der Waals surface area contributed by atoms with Gasteiger partial charge < -0.3 is 9.64 Å². The standard InChI is InChI=1S/C24H22N4O2S2/c1-16-26-21(14-31-16)17-3-8-22-18(13-17)9-11-28(22)23(29)15-32-24-25-10-12-27(24)19-4-6-20(30-2)7-5-19/h3-8,10,12-14H,9,11,15H2,1-2H3. The van der Waals surface area contributed by atoms with Gasteiger partial charge in [0.2, 0.25) is 5.91 Å². The van der Waals surface area contributed by atoms with Crippen LogP contribution < -0.4 is 9.64 Å². The maximum atomic E-state index is 13.0. The predicted octanol–water partition coefficient (Wildman–Crippen LogP) is 4.99. The van der Waals surface area contributed by atoms with Crippen molar-refractivity contribution in [1.29, 1.82) is 0 Å². The molecule has 2 aromatic heterocycles. The van der Waals surface area contributed by atoms with Crippen LogP contribution in [0, 0.1) is 6.92 Å². The van der Waals surface area contributed by atoms with E-state index < -0.39 is 0 Å². The molecule has 6 nitrogen and oxygen atoms in total. The van der Waals surface area contributed by atoms with Crippen LogP contribution in [0.5, 0.6) is 5.75 Å². The maximum Gasteiger partial charge on any atom is 0.237 e. The Bertz CT molecular complexity index is 1260. The molecule has 0 radical (unpaired) electrons. The van der Waals surface area contributed by atoms with E-state index in [1.165, 1.54) is 17.3 Å². The zero-order chi connectivity index (χ0) is 22.1. The number of thioether (sulfide) groups is 1. The highest BCUT2D eigenvalue weighted by Gasteiger charge is 2.25. The largest absolute Gasteiger partial charge is 0.497 e. The summed E-state index contributed by atoms with van der Waals surface area (Å²) in [5.74, 6) is 1.23. The second kappa shape index (κ2) is 8.80. The first-order chi connectivity index (χ1) is 15.6. The molecular formula is C24H22N4O2S2. The molecule has 0 atom stereocenters. The molecule has 1 aliphatic heterocycles. The van der Waals surface area contributed by atoms with Gasteiger partial charge in [-0.2, -0.15) is 0 Å². The van der Waals surface area contributed by atoms with Gasteiger partial charge in [0.05, 0.1) is 23.6 Å². The Hall–Kier alpha value is -3.10. The average molecular weight is 463 g/mol. The number of anilines is 1. The molecule has 0 N–H and O–H groups in total. The zero-order valence-electron chi connectivity index (χ0n) is 17.8. The van der Waals surface area contributed by atoms with Crippen molar-refractivity contribution in [3.8, 4) is 22.7 Å². The Morgan fingerprint density at radius 3 is 2.81 bits per heavy atom. The molecule has 8 heteroatoms. The molecule has 0 bridgehead atoms. The summed E-state index contributed by atoms with van der Waals surface area (Å²) in [6.07, 6.45) is 4.52. The number of aryl methyl sites for hydroxylation is 1. The van der Waals surface area contributed by atoms with Crippen LogP contribution >= 0.6 is 23.1 Å². The SMILES string of the molecule is COc1ccc(-n2ccnc2SCC(=O)N2CCc3cc(-c4csc(C)n4)ccc32)cc1. The number of benzene rings is 2. The van der Waals surface area contributed by atoms with E-state index in [2.05, 4.69) is 27.5 Å². The number of hydrogen-bond donors (Lipinski definition) is 0. The number of nitrogens with zero attached hydrogens (tertiary/aromatic N) is 4. The molecule has 3 heterocycles. The number of methoxy groups -OCH3 is 1. The molecule has 0 unspecified atom stereocenters. The lowest BCUT2D eigenvalue weighted by molar-refractivity contribution is -0.116. The molecule has 1 amide bonds. The number of amides is 1. The first-order valence-electron chi connectivity index (χ1n) is 10.3. The molecule has 0 saturated heterocycles. The normalized spacial score (nSPS) is 12.8. The Balaban J connectivity index is 1.28. The fraction of sp³-hybridized carbons (Fsp3) is 0.208. The predicted molar refractivity (Wildman–Crippen MR) is 129 cm³/mol. The number of ether oxygens (including phenoxy) is 1. The van der Waals surface area contributed by atoms with Gasteiger partial charge in [-0.05, 0) is 55.3 Å². The van der Waals surface area contributed by atoms with Crippen molar-refractivity contribution in [2.24, 2.45) is 0 Å². The smallest absolute Gasteiger partial charge is 0.237 e. The van der Waals surface area contributed by atoms with E-state index in [0.29, 0.717) is 12.3 Å². The van der Waals surface area contributed by atoms with E-state index in [0.717, 1.165) is 45.0 Å².